The first-order chi connectivity index (χ1) is 7.43. The molecule has 0 atom stereocenters. The molecule has 88 valence electrons. The van der Waals surface area contributed by atoms with Gasteiger partial charge in [0.15, 0.2) is 5.13 Å². The smallest absolute Gasteiger partial charge is 0.309 e. The summed E-state index contributed by atoms with van der Waals surface area (Å²) in [7, 11) is -3.47. The summed E-state index contributed by atoms with van der Waals surface area (Å²) in [5.74, 6) is -1.22. The Balaban J connectivity index is 2.72. The van der Waals surface area contributed by atoms with Gasteiger partial charge in [0.2, 0.25) is 10.0 Å². The van der Waals surface area contributed by atoms with E-state index in [1.54, 1.807) is 0 Å². The van der Waals surface area contributed by atoms with Crippen molar-refractivity contribution in [3.05, 3.63) is 23.7 Å². The SMILES string of the molecule is C=CCS(=O)(=O)Nc1nc(CC(=O)O)cs1. The predicted molar refractivity (Wildman–Crippen MR) is 61.1 cm³/mol. The van der Waals surface area contributed by atoms with E-state index in [0.717, 1.165) is 11.3 Å². The highest BCUT2D eigenvalue weighted by Gasteiger charge is 2.12. The molecule has 0 aliphatic rings. The first kappa shape index (κ1) is 12.7. The van der Waals surface area contributed by atoms with Gasteiger partial charge >= 0.3 is 5.97 Å². The second kappa shape index (κ2) is 5.08. The van der Waals surface area contributed by atoms with E-state index in [9.17, 15) is 13.2 Å². The second-order valence-corrected chi connectivity index (χ2v) is 5.51. The summed E-state index contributed by atoms with van der Waals surface area (Å²) < 4.78 is 24.8. The molecule has 1 aromatic rings. The van der Waals surface area contributed by atoms with Crippen LogP contribution in [0.25, 0.3) is 0 Å². The number of nitrogens with one attached hydrogen (secondary N) is 1. The third kappa shape index (κ3) is 3.99. The van der Waals surface area contributed by atoms with Crippen molar-refractivity contribution in [1.29, 1.82) is 0 Å². The van der Waals surface area contributed by atoms with Crippen molar-refractivity contribution in [2.45, 2.75) is 6.42 Å². The topological polar surface area (TPSA) is 96.4 Å². The maximum atomic E-state index is 11.3. The fraction of sp³-hybridized carbons (Fsp3) is 0.250. The lowest BCUT2D eigenvalue weighted by atomic mass is 10.3. The van der Waals surface area contributed by atoms with E-state index < -0.39 is 16.0 Å². The average molecular weight is 262 g/mol. The highest BCUT2D eigenvalue weighted by Crippen LogP contribution is 2.17. The third-order valence-corrected chi connectivity index (χ3v) is 3.58. The van der Waals surface area contributed by atoms with Crippen LogP contribution in [0.5, 0.6) is 0 Å². The fourth-order valence-corrected chi connectivity index (χ4v) is 2.75. The zero-order valence-corrected chi connectivity index (χ0v) is 9.84. The highest BCUT2D eigenvalue weighted by atomic mass is 32.2. The number of aromatic nitrogens is 1. The number of anilines is 1. The minimum Gasteiger partial charge on any atom is -0.481 e. The quantitative estimate of drug-likeness (QED) is 0.735. The van der Waals surface area contributed by atoms with Gasteiger partial charge in [-0.25, -0.2) is 13.4 Å². The van der Waals surface area contributed by atoms with Gasteiger partial charge in [-0.1, -0.05) is 6.08 Å². The molecule has 0 unspecified atom stereocenters. The van der Waals surface area contributed by atoms with E-state index >= 15 is 0 Å². The van der Waals surface area contributed by atoms with E-state index in [4.69, 9.17) is 5.11 Å². The van der Waals surface area contributed by atoms with Crippen LogP contribution in [0.2, 0.25) is 0 Å². The van der Waals surface area contributed by atoms with Gasteiger partial charge in [-0.2, -0.15) is 0 Å². The molecule has 0 aliphatic heterocycles. The number of aliphatic carboxylic acids is 1. The van der Waals surface area contributed by atoms with Crippen LogP contribution in [-0.4, -0.2) is 30.2 Å². The molecule has 1 heterocycles. The number of hydrogen-bond acceptors (Lipinski definition) is 5. The first-order valence-corrected chi connectivity index (χ1v) is 6.74. The summed E-state index contributed by atoms with van der Waals surface area (Å²) in [6, 6.07) is 0. The molecule has 16 heavy (non-hydrogen) atoms. The molecule has 0 saturated heterocycles. The minimum absolute atomic E-state index is 0.165. The van der Waals surface area contributed by atoms with Gasteiger partial charge < -0.3 is 5.11 Å². The lowest BCUT2D eigenvalue weighted by Gasteiger charge is -2.00. The molecule has 0 bridgehead atoms. The van der Waals surface area contributed by atoms with Crippen LogP contribution >= 0.6 is 11.3 Å². The summed E-state index contributed by atoms with van der Waals surface area (Å²) in [6.45, 7) is 3.32. The van der Waals surface area contributed by atoms with Gasteiger partial charge in [-0.3, -0.25) is 9.52 Å². The average Bonchev–Trinajstić information content (AvgIpc) is 2.49. The van der Waals surface area contributed by atoms with Crippen LogP contribution < -0.4 is 4.72 Å². The van der Waals surface area contributed by atoms with E-state index in [2.05, 4.69) is 16.3 Å². The van der Waals surface area contributed by atoms with Crippen molar-refractivity contribution in [1.82, 2.24) is 4.98 Å². The van der Waals surface area contributed by atoms with Crippen LogP contribution in [0.3, 0.4) is 0 Å². The van der Waals surface area contributed by atoms with Gasteiger partial charge in [-0.15, -0.1) is 17.9 Å². The van der Waals surface area contributed by atoms with Gasteiger partial charge in [0.1, 0.15) is 0 Å². The maximum Gasteiger partial charge on any atom is 0.309 e. The Morgan fingerprint density at radius 2 is 2.38 bits per heavy atom. The van der Waals surface area contributed by atoms with Crippen LogP contribution in [-0.2, 0) is 21.2 Å². The van der Waals surface area contributed by atoms with Crippen molar-refractivity contribution in [3.63, 3.8) is 0 Å². The summed E-state index contributed by atoms with van der Waals surface area (Å²) in [4.78, 5) is 14.2. The molecule has 2 N–H and O–H groups in total. The van der Waals surface area contributed by atoms with Crippen molar-refractivity contribution < 1.29 is 18.3 Å². The van der Waals surface area contributed by atoms with Gasteiger partial charge in [0.25, 0.3) is 0 Å². The molecule has 0 fully saturated rings. The van der Waals surface area contributed by atoms with Crippen LogP contribution in [0.1, 0.15) is 5.69 Å². The summed E-state index contributed by atoms with van der Waals surface area (Å²) in [5, 5.41) is 10.2. The van der Waals surface area contributed by atoms with E-state index in [0.29, 0.717) is 5.69 Å². The van der Waals surface area contributed by atoms with Crippen LogP contribution in [0, 0.1) is 0 Å². The molecule has 0 saturated carbocycles. The zero-order chi connectivity index (χ0) is 12.2. The minimum atomic E-state index is -3.47. The molecular weight excluding hydrogens is 252 g/mol. The number of carboxylic acids is 1. The summed E-state index contributed by atoms with van der Waals surface area (Å²) in [6.07, 6.45) is 1.04. The van der Waals surface area contributed by atoms with Gasteiger partial charge in [0, 0.05) is 5.38 Å². The molecule has 1 aromatic heterocycles. The monoisotopic (exact) mass is 262 g/mol. The van der Waals surface area contributed by atoms with Gasteiger partial charge in [0.05, 0.1) is 17.9 Å². The summed E-state index contributed by atoms with van der Waals surface area (Å²) in [5.41, 5.74) is 0.328. The fourth-order valence-electron chi connectivity index (χ4n) is 0.920. The van der Waals surface area contributed by atoms with Crippen molar-refractivity contribution in [2.75, 3.05) is 10.5 Å². The number of sulfonamides is 1. The molecule has 0 spiro atoms. The molecule has 0 radical (unpaired) electrons. The van der Waals surface area contributed by atoms with E-state index in [-0.39, 0.29) is 17.3 Å². The van der Waals surface area contributed by atoms with Crippen LogP contribution in [0.4, 0.5) is 5.13 Å². The molecule has 0 aliphatic carbocycles. The van der Waals surface area contributed by atoms with E-state index in [1.165, 1.54) is 11.5 Å². The first-order valence-electron chi connectivity index (χ1n) is 4.20. The molecule has 8 heteroatoms. The number of carboxylic acid groups (broad SMARTS) is 1. The van der Waals surface area contributed by atoms with E-state index in [1.807, 2.05) is 0 Å². The van der Waals surface area contributed by atoms with Gasteiger partial charge in [-0.05, 0) is 0 Å². The maximum absolute atomic E-state index is 11.3. The highest BCUT2D eigenvalue weighted by molar-refractivity contribution is 7.93. The Bertz CT molecular complexity index is 492. The normalized spacial score (nSPS) is 11.0. The second-order valence-electron chi connectivity index (χ2n) is 2.89. The molecular formula is C8H10N2O4S2. The van der Waals surface area contributed by atoms with Crippen molar-refractivity contribution in [3.8, 4) is 0 Å². The number of nitrogens with zero attached hydrogens (tertiary/aromatic N) is 1. The van der Waals surface area contributed by atoms with Crippen molar-refractivity contribution in [2.24, 2.45) is 0 Å². The third-order valence-electron chi connectivity index (χ3n) is 1.46. The lowest BCUT2D eigenvalue weighted by molar-refractivity contribution is -0.136. The number of hydrogen-bond donors (Lipinski definition) is 2. The molecule has 0 aromatic carbocycles. The van der Waals surface area contributed by atoms with Crippen LogP contribution in [0.15, 0.2) is 18.0 Å². The number of carbonyl (C=O) groups is 1. The summed E-state index contributed by atoms with van der Waals surface area (Å²) >= 11 is 1.05. The Labute approximate surface area is 96.7 Å². The molecule has 0 amide bonds. The Morgan fingerprint density at radius 3 is 2.94 bits per heavy atom. The largest absolute Gasteiger partial charge is 0.481 e. The lowest BCUT2D eigenvalue weighted by Crippen LogP contribution is -2.15. The Hall–Kier alpha value is -1.41. The number of thiazole rings is 1. The Kier molecular flexibility index (Phi) is 4.02. The molecule has 6 nitrogen and oxygen atoms in total. The Morgan fingerprint density at radius 1 is 1.69 bits per heavy atom. The number of rotatable bonds is 6. The molecule has 1 rings (SSSR count). The van der Waals surface area contributed by atoms with Crippen molar-refractivity contribution >= 4 is 32.5 Å². The zero-order valence-electron chi connectivity index (χ0n) is 8.21. The predicted octanol–water partition coefficient (Wildman–Crippen LogP) is 0.698. The standard InChI is InChI=1S/C8H10N2O4S2/c1-2-3-16(13,14)10-8-9-6(5-15-8)4-7(11)12/h2,5H,1,3-4H2,(H,9,10)(H,11,12).